The summed E-state index contributed by atoms with van der Waals surface area (Å²) in [6.07, 6.45) is 12.9. The van der Waals surface area contributed by atoms with E-state index in [-0.39, 0.29) is 12.4 Å². The Hall–Kier alpha value is 0.250. The van der Waals surface area contributed by atoms with Gasteiger partial charge in [-0.2, -0.15) is 0 Å². The molecule has 13 heavy (non-hydrogen) atoms. The van der Waals surface area contributed by atoms with Crippen LogP contribution in [0, 0.1) is 5.92 Å². The van der Waals surface area contributed by atoms with Crippen LogP contribution in [-0.2, 0) is 0 Å². The van der Waals surface area contributed by atoms with E-state index < -0.39 is 0 Å². The van der Waals surface area contributed by atoms with E-state index in [1.165, 1.54) is 57.8 Å². The van der Waals surface area contributed by atoms with Gasteiger partial charge in [0, 0.05) is 0 Å². The lowest BCUT2D eigenvalue weighted by atomic mass is 9.86. The van der Waals surface area contributed by atoms with Gasteiger partial charge in [0.05, 0.1) is 0 Å². The van der Waals surface area contributed by atoms with E-state index in [1.807, 2.05) is 0 Å². The first-order valence-electron chi connectivity index (χ1n) is 5.63. The molecular weight excluding hydrogens is 182 g/mol. The number of hydrogen-bond acceptors (Lipinski definition) is 1. The second-order valence-corrected chi connectivity index (χ2v) is 4.14. The lowest BCUT2D eigenvalue weighted by Gasteiger charge is -2.21. The van der Waals surface area contributed by atoms with Gasteiger partial charge in [-0.15, -0.1) is 12.4 Å². The van der Waals surface area contributed by atoms with Crippen molar-refractivity contribution in [3.63, 3.8) is 0 Å². The van der Waals surface area contributed by atoms with Crippen molar-refractivity contribution < 1.29 is 0 Å². The highest BCUT2D eigenvalue weighted by Gasteiger charge is 2.11. The number of rotatable bonds is 5. The Morgan fingerprint density at radius 3 is 2.23 bits per heavy atom. The van der Waals surface area contributed by atoms with Crippen molar-refractivity contribution in [2.75, 3.05) is 6.54 Å². The zero-order valence-electron chi connectivity index (χ0n) is 8.63. The van der Waals surface area contributed by atoms with Crippen LogP contribution in [0.15, 0.2) is 0 Å². The third-order valence-electron chi connectivity index (χ3n) is 3.04. The monoisotopic (exact) mass is 205 g/mol. The van der Waals surface area contributed by atoms with E-state index in [4.69, 9.17) is 5.73 Å². The molecule has 0 saturated heterocycles. The van der Waals surface area contributed by atoms with E-state index in [9.17, 15) is 0 Å². The minimum absolute atomic E-state index is 0. The third-order valence-corrected chi connectivity index (χ3v) is 3.04. The Morgan fingerprint density at radius 2 is 1.62 bits per heavy atom. The lowest BCUT2D eigenvalue weighted by Crippen LogP contribution is -2.06. The SMILES string of the molecule is Cl.NCCCCCC1CCCCC1. The number of unbranched alkanes of at least 4 members (excludes halogenated alkanes) is 2. The summed E-state index contributed by atoms with van der Waals surface area (Å²) < 4.78 is 0. The van der Waals surface area contributed by atoms with E-state index in [1.54, 1.807) is 0 Å². The molecular formula is C11H24ClN. The fourth-order valence-electron chi connectivity index (χ4n) is 2.23. The van der Waals surface area contributed by atoms with Crippen LogP contribution in [0.25, 0.3) is 0 Å². The molecule has 0 spiro atoms. The molecule has 0 unspecified atom stereocenters. The van der Waals surface area contributed by atoms with Crippen LogP contribution >= 0.6 is 12.4 Å². The van der Waals surface area contributed by atoms with Gasteiger partial charge in [-0.3, -0.25) is 0 Å². The normalized spacial score (nSPS) is 18.2. The van der Waals surface area contributed by atoms with Gasteiger partial charge in [0.2, 0.25) is 0 Å². The van der Waals surface area contributed by atoms with Crippen molar-refractivity contribution in [1.82, 2.24) is 0 Å². The van der Waals surface area contributed by atoms with Crippen molar-refractivity contribution in [1.29, 1.82) is 0 Å². The second-order valence-electron chi connectivity index (χ2n) is 4.14. The average molecular weight is 206 g/mol. The molecule has 2 heteroatoms. The van der Waals surface area contributed by atoms with Gasteiger partial charge in [0.15, 0.2) is 0 Å². The highest BCUT2D eigenvalue weighted by atomic mass is 35.5. The smallest absolute Gasteiger partial charge is 0.00773 e. The zero-order valence-corrected chi connectivity index (χ0v) is 9.45. The van der Waals surface area contributed by atoms with Crippen molar-refractivity contribution in [2.45, 2.75) is 57.8 Å². The molecule has 0 atom stereocenters. The van der Waals surface area contributed by atoms with Crippen LogP contribution in [0.3, 0.4) is 0 Å². The molecule has 1 aliphatic rings. The molecule has 1 saturated carbocycles. The Morgan fingerprint density at radius 1 is 0.923 bits per heavy atom. The van der Waals surface area contributed by atoms with E-state index >= 15 is 0 Å². The predicted molar refractivity (Wildman–Crippen MR) is 61.3 cm³/mol. The van der Waals surface area contributed by atoms with Gasteiger partial charge in [0.25, 0.3) is 0 Å². The van der Waals surface area contributed by atoms with Gasteiger partial charge in [-0.25, -0.2) is 0 Å². The number of nitrogens with two attached hydrogens (primary N) is 1. The molecule has 0 amide bonds. The molecule has 0 heterocycles. The van der Waals surface area contributed by atoms with E-state index in [0.29, 0.717) is 0 Å². The summed E-state index contributed by atoms with van der Waals surface area (Å²) in [6.45, 7) is 0.880. The maximum absolute atomic E-state index is 5.45. The largest absolute Gasteiger partial charge is 0.330 e. The number of halogens is 1. The summed E-state index contributed by atoms with van der Waals surface area (Å²) >= 11 is 0. The molecule has 0 bridgehead atoms. The molecule has 0 aliphatic heterocycles. The van der Waals surface area contributed by atoms with Crippen LogP contribution < -0.4 is 5.73 Å². The minimum atomic E-state index is 0. The highest BCUT2D eigenvalue weighted by molar-refractivity contribution is 5.85. The van der Waals surface area contributed by atoms with Crippen LogP contribution in [-0.4, -0.2) is 6.54 Å². The van der Waals surface area contributed by atoms with Gasteiger partial charge in [-0.1, -0.05) is 51.4 Å². The van der Waals surface area contributed by atoms with Crippen molar-refractivity contribution in [2.24, 2.45) is 11.7 Å². The second kappa shape index (κ2) is 8.83. The fraction of sp³-hybridized carbons (Fsp3) is 1.00. The maximum atomic E-state index is 5.45. The van der Waals surface area contributed by atoms with Crippen LogP contribution in [0.4, 0.5) is 0 Å². The van der Waals surface area contributed by atoms with Crippen molar-refractivity contribution in [3.8, 4) is 0 Å². The lowest BCUT2D eigenvalue weighted by molar-refractivity contribution is 0.329. The Kier molecular flexibility index (Phi) is 9.00. The third kappa shape index (κ3) is 6.34. The first kappa shape index (κ1) is 13.2. The van der Waals surface area contributed by atoms with Crippen LogP contribution in [0.5, 0.6) is 0 Å². The van der Waals surface area contributed by atoms with Crippen molar-refractivity contribution in [3.05, 3.63) is 0 Å². The molecule has 1 rings (SSSR count). The first-order valence-corrected chi connectivity index (χ1v) is 5.63. The van der Waals surface area contributed by atoms with E-state index in [0.717, 1.165) is 12.5 Å². The highest BCUT2D eigenvalue weighted by Crippen LogP contribution is 2.27. The molecule has 1 fully saturated rings. The summed E-state index contributed by atoms with van der Waals surface area (Å²) in [6, 6.07) is 0. The quantitative estimate of drug-likeness (QED) is 0.684. The summed E-state index contributed by atoms with van der Waals surface area (Å²) in [5, 5.41) is 0. The van der Waals surface area contributed by atoms with E-state index in [2.05, 4.69) is 0 Å². The zero-order chi connectivity index (χ0) is 8.65. The van der Waals surface area contributed by atoms with Gasteiger partial charge in [0.1, 0.15) is 0 Å². The Bertz CT molecular complexity index is 100. The van der Waals surface area contributed by atoms with Crippen LogP contribution in [0.1, 0.15) is 57.8 Å². The number of hydrogen-bond donors (Lipinski definition) is 1. The standard InChI is InChI=1S/C11H23N.ClH/c12-10-6-2-5-9-11-7-3-1-4-8-11;/h11H,1-10,12H2;1H. The molecule has 0 radical (unpaired) electrons. The minimum Gasteiger partial charge on any atom is -0.330 e. The van der Waals surface area contributed by atoms with Gasteiger partial charge >= 0.3 is 0 Å². The van der Waals surface area contributed by atoms with Crippen LogP contribution in [0.2, 0.25) is 0 Å². The molecule has 0 aromatic carbocycles. The topological polar surface area (TPSA) is 26.0 Å². The molecule has 2 N–H and O–H groups in total. The summed E-state index contributed by atoms with van der Waals surface area (Å²) in [5.41, 5.74) is 5.45. The van der Waals surface area contributed by atoms with Gasteiger partial charge in [-0.05, 0) is 18.9 Å². The Balaban J connectivity index is 0.00000144. The summed E-state index contributed by atoms with van der Waals surface area (Å²) in [7, 11) is 0. The molecule has 80 valence electrons. The Labute approximate surface area is 88.9 Å². The fourth-order valence-corrected chi connectivity index (χ4v) is 2.23. The maximum Gasteiger partial charge on any atom is -0.00773 e. The molecule has 1 nitrogen and oxygen atoms in total. The average Bonchev–Trinajstić information content (AvgIpc) is 2.14. The molecule has 0 aromatic rings. The van der Waals surface area contributed by atoms with Crippen molar-refractivity contribution >= 4 is 12.4 Å². The first-order chi connectivity index (χ1) is 5.93. The predicted octanol–water partition coefficient (Wildman–Crippen LogP) is 3.51. The molecule has 1 aliphatic carbocycles. The molecule has 0 aromatic heterocycles. The summed E-state index contributed by atoms with van der Waals surface area (Å²) in [4.78, 5) is 0. The van der Waals surface area contributed by atoms with Gasteiger partial charge < -0.3 is 5.73 Å². The summed E-state index contributed by atoms with van der Waals surface area (Å²) in [5.74, 6) is 1.07.